The van der Waals surface area contributed by atoms with Gasteiger partial charge in [0.2, 0.25) is 0 Å². The van der Waals surface area contributed by atoms with Crippen molar-refractivity contribution in [2.75, 3.05) is 26.2 Å². The van der Waals surface area contributed by atoms with Gasteiger partial charge in [-0.25, -0.2) is 0 Å². The summed E-state index contributed by atoms with van der Waals surface area (Å²) in [7, 11) is 0. The van der Waals surface area contributed by atoms with Gasteiger partial charge < -0.3 is 14.7 Å². The second-order valence-corrected chi connectivity index (χ2v) is 9.95. The maximum absolute atomic E-state index is 10.5. The third kappa shape index (κ3) is 3.48. The lowest BCUT2D eigenvalue weighted by Gasteiger charge is -2.43. The number of hydrogen-bond donors (Lipinski definition) is 1. The van der Waals surface area contributed by atoms with E-state index in [0.29, 0.717) is 18.1 Å². The van der Waals surface area contributed by atoms with Gasteiger partial charge in [-0.15, -0.1) is 0 Å². The van der Waals surface area contributed by atoms with Crippen LogP contribution in [-0.2, 0) is 4.74 Å². The van der Waals surface area contributed by atoms with Crippen molar-refractivity contribution in [1.29, 1.82) is 0 Å². The lowest BCUT2D eigenvalue weighted by atomic mass is 9.70. The standard InChI is InChI=1S/C20H37NO2/c1-14-8-15(2)11-21(10-14)12-17(22)13-23-18-19(3,4)16-6-7-20(18,5)9-16/h14-18,22H,6-13H2,1-5H3/t14-,15+,16-,17+,18+,20-/m0/s1. The fourth-order valence-electron chi connectivity index (χ4n) is 6.17. The number of ether oxygens (including phenoxy) is 1. The number of aliphatic hydroxyl groups excluding tert-OH is 1. The molecule has 0 aromatic carbocycles. The third-order valence-electron chi connectivity index (χ3n) is 7.01. The Hall–Kier alpha value is -0.120. The van der Waals surface area contributed by atoms with Crippen molar-refractivity contribution >= 4 is 0 Å². The average Bonchev–Trinajstić information content (AvgIpc) is 2.88. The summed E-state index contributed by atoms with van der Waals surface area (Å²) in [6.45, 7) is 15.3. The fourth-order valence-corrected chi connectivity index (χ4v) is 6.17. The van der Waals surface area contributed by atoms with Gasteiger partial charge in [0, 0.05) is 19.6 Å². The molecule has 0 radical (unpaired) electrons. The van der Waals surface area contributed by atoms with E-state index in [9.17, 15) is 5.11 Å². The minimum absolute atomic E-state index is 0.265. The van der Waals surface area contributed by atoms with E-state index in [1.807, 2.05) is 0 Å². The molecule has 23 heavy (non-hydrogen) atoms. The molecule has 2 saturated carbocycles. The molecule has 134 valence electrons. The first-order valence-electron chi connectivity index (χ1n) is 9.73. The van der Waals surface area contributed by atoms with Crippen molar-refractivity contribution < 1.29 is 9.84 Å². The molecule has 1 saturated heterocycles. The fraction of sp³-hybridized carbons (Fsp3) is 1.00. The maximum Gasteiger partial charge on any atom is 0.0900 e. The zero-order valence-corrected chi connectivity index (χ0v) is 15.8. The van der Waals surface area contributed by atoms with Crippen LogP contribution >= 0.6 is 0 Å². The van der Waals surface area contributed by atoms with Crippen LogP contribution in [0.1, 0.15) is 60.3 Å². The minimum atomic E-state index is -0.356. The molecule has 0 amide bonds. The molecule has 3 rings (SSSR count). The van der Waals surface area contributed by atoms with Crippen LogP contribution < -0.4 is 0 Å². The second-order valence-electron chi connectivity index (χ2n) is 9.95. The topological polar surface area (TPSA) is 32.7 Å². The van der Waals surface area contributed by atoms with Gasteiger partial charge in [-0.2, -0.15) is 0 Å². The molecule has 1 N–H and O–H groups in total. The maximum atomic E-state index is 10.5. The molecular weight excluding hydrogens is 286 g/mol. The van der Waals surface area contributed by atoms with E-state index in [-0.39, 0.29) is 11.5 Å². The van der Waals surface area contributed by atoms with Gasteiger partial charge in [0.1, 0.15) is 0 Å². The third-order valence-corrected chi connectivity index (χ3v) is 7.01. The second kappa shape index (κ2) is 6.31. The van der Waals surface area contributed by atoms with Crippen LogP contribution in [0, 0.1) is 28.6 Å². The van der Waals surface area contributed by atoms with E-state index in [2.05, 4.69) is 39.5 Å². The van der Waals surface area contributed by atoms with Gasteiger partial charge in [0.15, 0.2) is 0 Å². The molecule has 3 nitrogen and oxygen atoms in total. The lowest BCUT2D eigenvalue weighted by molar-refractivity contribution is -0.114. The summed E-state index contributed by atoms with van der Waals surface area (Å²) >= 11 is 0. The predicted molar refractivity (Wildman–Crippen MR) is 94.4 cm³/mol. The number of piperidine rings is 1. The van der Waals surface area contributed by atoms with E-state index >= 15 is 0 Å². The molecule has 2 aliphatic carbocycles. The highest BCUT2D eigenvalue weighted by atomic mass is 16.5. The zero-order valence-electron chi connectivity index (χ0n) is 15.8. The van der Waals surface area contributed by atoms with E-state index in [1.54, 1.807) is 0 Å². The lowest BCUT2D eigenvalue weighted by Crippen LogP contribution is -2.46. The summed E-state index contributed by atoms with van der Waals surface area (Å²) in [5, 5.41) is 10.5. The Bertz CT molecular complexity index is 409. The largest absolute Gasteiger partial charge is 0.389 e. The van der Waals surface area contributed by atoms with Crippen LogP contribution in [0.4, 0.5) is 0 Å². The Morgan fingerprint density at radius 3 is 2.39 bits per heavy atom. The Balaban J connectivity index is 1.50. The average molecular weight is 324 g/mol. The van der Waals surface area contributed by atoms with E-state index in [0.717, 1.165) is 37.4 Å². The number of hydrogen-bond acceptors (Lipinski definition) is 3. The van der Waals surface area contributed by atoms with Gasteiger partial charge in [-0.1, -0.05) is 34.6 Å². The smallest absolute Gasteiger partial charge is 0.0900 e. The number of nitrogens with zero attached hydrogens (tertiary/aromatic N) is 1. The van der Waals surface area contributed by atoms with Crippen molar-refractivity contribution in [3.63, 3.8) is 0 Å². The molecule has 3 aliphatic rings. The molecular formula is C20H37NO2. The van der Waals surface area contributed by atoms with E-state index in [4.69, 9.17) is 4.74 Å². The zero-order chi connectivity index (χ0) is 16.8. The van der Waals surface area contributed by atoms with E-state index < -0.39 is 0 Å². The highest BCUT2D eigenvalue weighted by molar-refractivity contribution is 5.09. The van der Waals surface area contributed by atoms with Crippen molar-refractivity contribution in [3.8, 4) is 0 Å². The van der Waals surface area contributed by atoms with Crippen molar-refractivity contribution in [1.82, 2.24) is 4.90 Å². The van der Waals surface area contributed by atoms with Crippen LogP contribution in [0.3, 0.4) is 0 Å². The molecule has 1 aliphatic heterocycles. The number of rotatable bonds is 5. The van der Waals surface area contributed by atoms with Crippen LogP contribution in [0.25, 0.3) is 0 Å². The molecule has 0 aromatic heterocycles. The molecule has 0 aromatic rings. The summed E-state index contributed by atoms with van der Waals surface area (Å²) < 4.78 is 6.34. The van der Waals surface area contributed by atoms with Crippen LogP contribution in [0.15, 0.2) is 0 Å². The predicted octanol–water partition coefficient (Wildman–Crippen LogP) is 3.56. The Kier molecular flexibility index (Phi) is 4.85. The minimum Gasteiger partial charge on any atom is -0.389 e. The summed E-state index contributed by atoms with van der Waals surface area (Å²) in [6, 6.07) is 0. The first-order valence-corrected chi connectivity index (χ1v) is 9.73. The highest BCUT2D eigenvalue weighted by Gasteiger charge is 2.60. The monoisotopic (exact) mass is 323 g/mol. The molecule has 3 heteroatoms. The summed E-state index contributed by atoms with van der Waals surface area (Å²) in [5.41, 5.74) is 0.600. The van der Waals surface area contributed by atoms with Crippen molar-refractivity contribution in [2.24, 2.45) is 28.6 Å². The molecule has 0 spiro atoms. The number of likely N-dealkylation sites (tertiary alicyclic amines) is 1. The molecule has 2 bridgehead atoms. The normalized spacial score (nSPS) is 44.6. The molecule has 0 unspecified atom stereocenters. The van der Waals surface area contributed by atoms with Crippen molar-refractivity contribution in [2.45, 2.75) is 72.5 Å². The van der Waals surface area contributed by atoms with Gasteiger partial charge in [-0.3, -0.25) is 0 Å². The number of aliphatic hydroxyl groups is 1. The Morgan fingerprint density at radius 1 is 1.17 bits per heavy atom. The number of β-amino-alcohol motifs (C(OH)–C–C–N with tert-alkyl or cyclic N) is 1. The first kappa shape index (κ1) is 17.7. The highest BCUT2D eigenvalue weighted by Crippen LogP contribution is 2.63. The summed E-state index contributed by atoms with van der Waals surface area (Å²) in [5.74, 6) is 2.30. The Morgan fingerprint density at radius 2 is 1.83 bits per heavy atom. The van der Waals surface area contributed by atoms with Crippen LogP contribution in [0.5, 0.6) is 0 Å². The van der Waals surface area contributed by atoms with Gasteiger partial charge >= 0.3 is 0 Å². The van der Waals surface area contributed by atoms with E-state index in [1.165, 1.54) is 25.7 Å². The van der Waals surface area contributed by atoms with Gasteiger partial charge in [0.05, 0.1) is 18.8 Å². The van der Waals surface area contributed by atoms with Gasteiger partial charge in [-0.05, 0) is 54.3 Å². The quantitative estimate of drug-likeness (QED) is 0.840. The molecule has 6 atom stereocenters. The van der Waals surface area contributed by atoms with Crippen LogP contribution in [-0.4, -0.2) is 48.5 Å². The first-order chi connectivity index (χ1) is 10.7. The van der Waals surface area contributed by atoms with Gasteiger partial charge in [0.25, 0.3) is 0 Å². The SMILES string of the molecule is C[C@@H]1C[C@H](C)CN(C[C@@H](O)CO[C@@H]2C(C)(C)[C@H]3CC[C@@]2(C)C3)C1. The number of fused-ring (bicyclic) bond motifs is 2. The summed E-state index contributed by atoms with van der Waals surface area (Å²) in [6.07, 6.45) is 5.23. The molecule has 1 heterocycles. The van der Waals surface area contributed by atoms with Crippen molar-refractivity contribution in [3.05, 3.63) is 0 Å². The van der Waals surface area contributed by atoms with Crippen LogP contribution in [0.2, 0.25) is 0 Å². The Labute approximate surface area is 142 Å². The molecule has 3 fully saturated rings. The summed E-state index contributed by atoms with van der Waals surface area (Å²) in [4.78, 5) is 2.43.